The summed E-state index contributed by atoms with van der Waals surface area (Å²) in [5.41, 5.74) is 7.91. The summed E-state index contributed by atoms with van der Waals surface area (Å²) in [5.74, 6) is -0.414. The van der Waals surface area contributed by atoms with Crippen molar-refractivity contribution in [2.24, 2.45) is 0 Å². The lowest BCUT2D eigenvalue weighted by Crippen LogP contribution is -2.19. The normalized spacial score (nSPS) is 11.9. The van der Waals surface area contributed by atoms with Crippen LogP contribution in [0.25, 0.3) is 0 Å². The lowest BCUT2D eigenvalue weighted by atomic mass is 10.00. The molecule has 0 radical (unpaired) electrons. The Hall–Kier alpha value is -1.52. The number of hydrogen-bond acceptors (Lipinski definition) is 2. The second-order valence-electron chi connectivity index (χ2n) is 4.51. The van der Waals surface area contributed by atoms with Crippen molar-refractivity contribution < 1.29 is 4.79 Å². The fourth-order valence-corrected chi connectivity index (χ4v) is 2.33. The van der Waals surface area contributed by atoms with E-state index in [2.05, 4.69) is 21.2 Å². The molecule has 0 aliphatic heterocycles. The van der Waals surface area contributed by atoms with E-state index in [1.165, 1.54) is 0 Å². The quantitative estimate of drug-likeness (QED) is 0.802. The van der Waals surface area contributed by atoms with Crippen LogP contribution in [0.3, 0.4) is 0 Å². The predicted octanol–water partition coefficient (Wildman–Crippen LogP) is 4.43. The van der Waals surface area contributed by atoms with Crippen molar-refractivity contribution in [1.29, 1.82) is 0 Å². The number of nitrogens with one attached hydrogen (secondary N) is 1. The van der Waals surface area contributed by atoms with Gasteiger partial charge in [0.1, 0.15) is 0 Å². The van der Waals surface area contributed by atoms with E-state index in [-0.39, 0.29) is 11.8 Å². The highest BCUT2D eigenvalue weighted by Gasteiger charge is 2.16. The first kappa shape index (κ1) is 14.9. The van der Waals surface area contributed by atoms with Crippen LogP contribution in [0.5, 0.6) is 0 Å². The van der Waals surface area contributed by atoms with Gasteiger partial charge in [-0.2, -0.15) is 0 Å². The summed E-state index contributed by atoms with van der Waals surface area (Å²) < 4.78 is 0.787. The third-order valence-corrected chi connectivity index (χ3v) is 3.92. The molecule has 0 heterocycles. The first-order valence-corrected chi connectivity index (χ1v) is 7.26. The summed E-state index contributed by atoms with van der Waals surface area (Å²) >= 11 is 9.31. The molecule has 0 aromatic heterocycles. The van der Waals surface area contributed by atoms with Gasteiger partial charge in [0.15, 0.2) is 0 Å². The monoisotopic (exact) mass is 352 g/mol. The molecule has 3 nitrogen and oxygen atoms in total. The summed E-state index contributed by atoms with van der Waals surface area (Å²) in [6.07, 6.45) is 0. The van der Waals surface area contributed by atoms with Crippen LogP contribution in [-0.4, -0.2) is 5.91 Å². The van der Waals surface area contributed by atoms with Gasteiger partial charge in [0.2, 0.25) is 5.91 Å². The Morgan fingerprint density at radius 3 is 2.75 bits per heavy atom. The summed E-state index contributed by atoms with van der Waals surface area (Å²) in [5, 5.41) is 3.43. The van der Waals surface area contributed by atoms with E-state index >= 15 is 0 Å². The zero-order valence-electron chi connectivity index (χ0n) is 10.9. The highest BCUT2D eigenvalue weighted by Crippen LogP contribution is 2.27. The maximum absolute atomic E-state index is 12.3. The van der Waals surface area contributed by atoms with E-state index in [0.29, 0.717) is 16.4 Å². The van der Waals surface area contributed by atoms with Gasteiger partial charge in [-0.1, -0.05) is 23.7 Å². The van der Waals surface area contributed by atoms with Gasteiger partial charge in [0.25, 0.3) is 0 Å². The van der Waals surface area contributed by atoms with E-state index in [0.717, 1.165) is 10.0 Å². The number of nitrogen functional groups attached to an aromatic ring is 1. The summed E-state index contributed by atoms with van der Waals surface area (Å²) in [6.45, 7) is 1.84. The zero-order chi connectivity index (χ0) is 14.7. The topological polar surface area (TPSA) is 55.1 Å². The Morgan fingerprint density at radius 2 is 2.05 bits per heavy atom. The highest BCUT2D eigenvalue weighted by molar-refractivity contribution is 9.10. The van der Waals surface area contributed by atoms with E-state index < -0.39 is 0 Å². The standard InChI is InChI=1S/C15H14BrClN2O/c1-9(10-3-2-4-12(18)7-10)15(20)19-14-8-11(17)5-6-13(14)16/h2-9H,18H2,1H3,(H,19,20). The third kappa shape index (κ3) is 3.52. The van der Waals surface area contributed by atoms with Crippen molar-refractivity contribution in [3.8, 4) is 0 Å². The van der Waals surface area contributed by atoms with Crippen molar-refractivity contribution in [1.82, 2.24) is 0 Å². The fraction of sp³-hybridized carbons (Fsp3) is 0.133. The average molecular weight is 354 g/mol. The summed E-state index contributed by atoms with van der Waals surface area (Å²) in [6, 6.07) is 12.6. The van der Waals surface area contributed by atoms with Crippen molar-refractivity contribution >= 4 is 44.8 Å². The van der Waals surface area contributed by atoms with Crippen LogP contribution in [0.1, 0.15) is 18.4 Å². The average Bonchev–Trinajstić information content (AvgIpc) is 2.42. The number of carbonyl (C=O) groups is 1. The first-order chi connectivity index (χ1) is 9.47. The van der Waals surface area contributed by atoms with Crippen LogP contribution in [0.4, 0.5) is 11.4 Å². The molecule has 1 amide bonds. The van der Waals surface area contributed by atoms with Crippen molar-refractivity contribution in [2.75, 3.05) is 11.1 Å². The van der Waals surface area contributed by atoms with Crippen LogP contribution in [0, 0.1) is 0 Å². The number of benzene rings is 2. The van der Waals surface area contributed by atoms with E-state index in [9.17, 15) is 4.79 Å². The molecule has 0 bridgehead atoms. The predicted molar refractivity (Wildman–Crippen MR) is 87.1 cm³/mol. The Morgan fingerprint density at radius 1 is 1.30 bits per heavy atom. The molecule has 104 valence electrons. The van der Waals surface area contributed by atoms with Gasteiger partial charge in [-0.05, 0) is 58.7 Å². The smallest absolute Gasteiger partial charge is 0.231 e. The number of carbonyl (C=O) groups excluding carboxylic acids is 1. The summed E-state index contributed by atoms with van der Waals surface area (Å²) in [7, 11) is 0. The van der Waals surface area contributed by atoms with Crippen molar-refractivity contribution in [3.63, 3.8) is 0 Å². The molecule has 0 spiro atoms. The molecule has 2 aromatic rings. The minimum atomic E-state index is -0.301. The highest BCUT2D eigenvalue weighted by atomic mass is 79.9. The maximum atomic E-state index is 12.3. The van der Waals surface area contributed by atoms with Crippen LogP contribution in [0.15, 0.2) is 46.9 Å². The second kappa shape index (κ2) is 6.29. The molecular weight excluding hydrogens is 340 g/mol. The molecule has 0 saturated carbocycles. The Bertz CT molecular complexity index is 646. The molecule has 0 fully saturated rings. The lowest BCUT2D eigenvalue weighted by molar-refractivity contribution is -0.117. The number of nitrogens with two attached hydrogens (primary N) is 1. The summed E-state index contributed by atoms with van der Waals surface area (Å²) in [4.78, 5) is 12.3. The third-order valence-electron chi connectivity index (χ3n) is 2.99. The molecule has 1 unspecified atom stereocenters. The molecule has 2 rings (SSSR count). The first-order valence-electron chi connectivity index (χ1n) is 6.08. The molecule has 3 N–H and O–H groups in total. The minimum absolute atomic E-state index is 0.112. The fourth-order valence-electron chi connectivity index (χ4n) is 1.81. The zero-order valence-corrected chi connectivity index (χ0v) is 13.2. The Kier molecular flexibility index (Phi) is 4.68. The van der Waals surface area contributed by atoms with E-state index in [1.807, 2.05) is 19.1 Å². The number of halogens is 2. The van der Waals surface area contributed by atoms with Crippen LogP contribution >= 0.6 is 27.5 Å². The van der Waals surface area contributed by atoms with Gasteiger partial charge in [-0.25, -0.2) is 0 Å². The molecule has 0 aliphatic carbocycles. The maximum Gasteiger partial charge on any atom is 0.231 e. The van der Waals surface area contributed by atoms with Crippen molar-refractivity contribution in [3.05, 3.63) is 57.5 Å². The van der Waals surface area contributed by atoms with Gasteiger partial charge in [0, 0.05) is 15.2 Å². The molecule has 5 heteroatoms. The number of anilines is 2. The van der Waals surface area contributed by atoms with Crippen LogP contribution in [0.2, 0.25) is 5.02 Å². The number of rotatable bonds is 3. The Balaban J connectivity index is 2.17. The molecular formula is C15H14BrClN2O. The van der Waals surface area contributed by atoms with Gasteiger partial charge in [0.05, 0.1) is 11.6 Å². The van der Waals surface area contributed by atoms with Gasteiger partial charge in [-0.3, -0.25) is 4.79 Å². The minimum Gasteiger partial charge on any atom is -0.399 e. The molecule has 1 atom stereocenters. The van der Waals surface area contributed by atoms with Crippen LogP contribution in [-0.2, 0) is 4.79 Å². The Labute approximate surface area is 131 Å². The number of amides is 1. The SMILES string of the molecule is CC(C(=O)Nc1cc(Cl)ccc1Br)c1cccc(N)c1. The molecule has 2 aromatic carbocycles. The van der Waals surface area contributed by atoms with E-state index in [1.54, 1.807) is 30.3 Å². The molecule has 20 heavy (non-hydrogen) atoms. The lowest BCUT2D eigenvalue weighted by Gasteiger charge is -2.14. The van der Waals surface area contributed by atoms with E-state index in [4.69, 9.17) is 17.3 Å². The molecule has 0 saturated heterocycles. The van der Waals surface area contributed by atoms with Gasteiger partial charge < -0.3 is 11.1 Å². The van der Waals surface area contributed by atoms with Crippen molar-refractivity contribution in [2.45, 2.75) is 12.8 Å². The van der Waals surface area contributed by atoms with Gasteiger partial charge in [-0.15, -0.1) is 0 Å². The number of hydrogen-bond donors (Lipinski definition) is 2. The second-order valence-corrected chi connectivity index (χ2v) is 5.80. The van der Waals surface area contributed by atoms with Crippen LogP contribution < -0.4 is 11.1 Å². The van der Waals surface area contributed by atoms with Gasteiger partial charge >= 0.3 is 0 Å². The molecule has 0 aliphatic rings. The largest absolute Gasteiger partial charge is 0.399 e.